The van der Waals surface area contributed by atoms with Gasteiger partial charge in [-0.25, -0.2) is 9.97 Å². The maximum atomic E-state index is 10.0. The van der Waals surface area contributed by atoms with Gasteiger partial charge in [0.1, 0.15) is 6.10 Å². The number of aliphatic hydroxyl groups excluding tert-OH is 1. The minimum atomic E-state index is -0.806. The molecule has 1 atom stereocenters. The van der Waals surface area contributed by atoms with Crippen molar-refractivity contribution in [1.82, 2.24) is 15.0 Å². The van der Waals surface area contributed by atoms with Gasteiger partial charge >= 0.3 is 0 Å². The normalized spacial score (nSPS) is 12.4. The Hall–Kier alpha value is -1.81. The second kappa shape index (κ2) is 4.14. The van der Waals surface area contributed by atoms with E-state index in [9.17, 15) is 5.11 Å². The Labute approximate surface area is 87.7 Å². The van der Waals surface area contributed by atoms with Crippen molar-refractivity contribution in [2.75, 3.05) is 0 Å². The van der Waals surface area contributed by atoms with Crippen molar-refractivity contribution < 1.29 is 5.11 Å². The first-order chi connectivity index (χ1) is 7.29. The van der Waals surface area contributed by atoms with Gasteiger partial charge in [0.05, 0.1) is 0 Å². The molecule has 0 aliphatic heterocycles. The molecule has 1 unspecified atom stereocenters. The van der Waals surface area contributed by atoms with Crippen molar-refractivity contribution in [3.63, 3.8) is 0 Å². The van der Waals surface area contributed by atoms with Crippen molar-refractivity contribution in [3.05, 3.63) is 53.9 Å². The van der Waals surface area contributed by atoms with Gasteiger partial charge in [-0.3, -0.25) is 4.98 Å². The average molecular weight is 201 g/mol. The van der Waals surface area contributed by atoms with Gasteiger partial charge in [-0.15, -0.1) is 0 Å². The maximum Gasteiger partial charge on any atom is 0.161 e. The molecule has 0 bridgehead atoms. The van der Waals surface area contributed by atoms with E-state index in [1.165, 1.54) is 0 Å². The molecule has 76 valence electrons. The minimum Gasteiger partial charge on any atom is -0.380 e. The highest BCUT2D eigenvalue weighted by Gasteiger charge is 2.14. The van der Waals surface area contributed by atoms with E-state index in [1.807, 2.05) is 13.0 Å². The number of aromatic nitrogens is 3. The first-order valence-electron chi connectivity index (χ1n) is 4.64. The Bertz CT molecular complexity index is 445. The molecule has 2 heterocycles. The van der Waals surface area contributed by atoms with Crippen LogP contribution in [0.15, 0.2) is 36.9 Å². The van der Waals surface area contributed by atoms with Gasteiger partial charge in [0, 0.05) is 30.4 Å². The summed E-state index contributed by atoms with van der Waals surface area (Å²) in [7, 11) is 0. The standard InChI is InChI=1S/C11H11N3O/c1-8-3-6-12-7-9(8)10(15)11-13-4-2-5-14-11/h2-7,10,15H,1H3. The molecule has 0 aliphatic rings. The Morgan fingerprint density at radius 2 is 1.93 bits per heavy atom. The molecule has 2 aromatic heterocycles. The van der Waals surface area contributed by atoms with Crippen LogP contribution in [0, 0.1) is 6.92 Å². The number of aryl methyl sites for hydroxylation is 1. The molecule has 4 heteroatoms. The van der Waals surface area contributed by atoms with E-state index in [2.05, 4.69) is 15.0 Å². The van der Waals surface area contributed by atoms with Gasteiger partial charge in [-0.05, 0) is 24.6 Å². The second-order valence-corrected chi connectivity index (χ2v) is 3.24. The summed E-state index contributed by atoms with van der Waals surface area (Å²) in [5, 5.41) is 10.0. The monoisotopic (exact) mass is 201 g/mol. The molecule has 0 fully saturated rings. The van der Waals surface area contributed by atoms with Gasteiger partial charge in [0.15, 0.2) is 5.82 Å². The molecule has 2 aromatic rings. The molecule has 0 saturated carbocycles. The zero-order chi connectivity index (χ0) is 10.7. The third-order valence-electron chi connectivity index (χ3n) is 2.20. The number of rotatable bonds is 2. The molecule has 0 amide bonds. The van der Waals surface area contributed by atoms with Gasteiger partial charge in [-0.1, -0.05) is 0 Å². The van der Waals surface area contributed by atoms with E-state index >= 15 is 0 Å². The molecule has 15 heavy (non-hydrogen) atoms. The van der Waals surface area contributed by atoms with Crippen LogP contribution in [0.2, 0.25) is 0 Å². The first-order valence-corrected chi connectivity index (χ1v) is 4.64. The summed E-state index contributed by atoms with van der Waals surface area (Å²) >= 11 is 0. The SMILES string of the molecule is Cc1ccncc1C(O)c1ncccn1. The molecular formula is C11H11N3O. The van der Waals surface area contributed by atoms with Crippen LogP contribution < -0.4 is 0 Å². The fourth-order valence-corrected chi connectivity index (χ4v) is 1.35. The van der Waals surface area contributed by atoms with E-state index in [1.54, 1.807) is 30.9 Å². The van der Waals surface area contributed by atoms with Gasteiger partial charge in [0.25, 0.3) is 0 Å². The van der Waals surface area contributed by atoms with Crippen molar-refractivity contribution in [3.8, 4) is 0 Å². The van der Waals surface area contributed by atoms with Gasteiger partial charge in [-0.2, -0.15) is 0 Å². The van der Waals surface area contributed by atoms with Crippen molar-refractivity contribution in [1.29, 1.82) is 0 Å². The first kappa shape index (κ1) is 9.73. The largest absolute Gasteiger partial charge is 0.380 e. The molecular weight excluding hydrogens is 190 g/mol. The van der Waals surface area contributed by atoms with Crippen LogP contribution >= 0.6 is 0 Å². The third kappa shape index (κ3) is 1.99. The zero-order valence-corrected chi connectivity index (χ0v) is 8.33. The third-order valence-corrected chi connectivity index (χ3v) is 2.20. The quantitative estimate of drug-likeness (QED) is 0.794. The lowest BCUT2D eigenvalue weighted by Gasteiger charge is -2.10. The van der Waals surface area contributed by atoms with Crippen molar-refractivity contribution in [2.45, 2.75) is 13.0 Å². The van der Waals surface area contributed by atoms with E-state index in [-0.39, 0.29) is 0 Å². The van der Waals surface area contributed by atoms with Crippen LogP contribution in [0.3, 0.4) is 0 Å². The summed E-state index contributed by atoms with van der Waals surface area (Å²) in [6.45, 7) is 1.92. The van der Waals surface area contributed by atoms with Crippen LogP contribution in [-0.2, 0) is 0 Å². The second-order valence-electron chi connectivity index (χ2n) is 3.24. The highest BCUT2D eigenvalue weighted by molar-refractivity contribution is 5.27. The summed E-state index contributed by atoms with van der Waals surface area (Å²) in [6.07, 6.45) is 5.74. The lowest BCUT2D eigenvalue weighted by Crippen LogP contribution is -2.06. The summed E-state index contributed by atoms with van der Waals surface area (Å²) in [5.74, 6) is 0.397. The van der Waals surface area contributed by atoms with E-state index in [0.717, 1.165) is 11.1 Å². The molecule has 2 rings (SSSR count). The van der Waals surface area contributed by atoms with Crippen LogP contribution in [-0.4, -0.2) is 20.1 Å². The average Bonchev–Trinajstić information content (AvgIpc) is 2.30. The van der Waals surface area contributed by atoms with E-state index in [4.69, 9.17) is 0 Å². The van der Waals surface area contributed by atoms with Gasteiger partial charge < -0.3 is 5.11 Å². The summed E-state index contributed by atoms with van der Waals surface area (Å²) in [4.78, 5) is 12.0. The minimum absolute atomic E-state index is 0.397. The highest BCUT2D eigenvalue weighted by atomic mass is 16.3. The van der Waals surface area contributed by atoms with Crippen LogP contribution in [0.1, 0.15) is 23.1 Å². The summed E-state index contributed by atoms with van der Waals surface area (Å²) in [6, 6.07) is 3.56. The Morgan fingerprint density at radius 3 is 2.60 bits per heavy atom. The van der Waals surface area contributed by atoms with Crippen LogP contribution in [0.5, 0.6) is 0 Å². The van der Waals surface area contributed by atoms with Crippen LogP contribution in [0.25, 0.3) is 0 Å². The number of nitrogens with zero attached hydrogens (tertiary/aromatic N) is 3. The van der Waals surface area contributed by atoms with Crippen molar-refractivity contribution >= 4 is 0 Å². The Morgan fingerprint density at radius 1 is 1.20 bits per heavy atom. The number of aliphatic hydroxyl groups is 1. The molecule has 0 radical (unpaired) electrons. The van der Waals surface area contributed by atoms with Gasteiger partial charge in [0.2, 0.25) is 0 Å². The maximum absolute atomic E-state index is 10.0. The van der Waals surface area contributed by atoms with E-state index < -0.39 is 6.10 Å². The lowest BCUT2D eigenvalue weighted by molar-refractivity contribution is 0.208. The fraction of sp³-hybridized carbons (Fsp3) is 0.182. The van der Waals surface area contributed by atoms with E-state index in [0.29, 0.717) is 5.82 Å². The Balaban J connectivity index is 2.37. The van der Waals surface area contributed by atoms with Crippen molar-refractivity contribution in [2.24, 2.45) is 0 Å². The molecule has 0 saturated heterocycles. The summed E-state index contributed by atoms with van der Waals surface area (Å²) < 4.78 is 0. The number of pyridine rings is 1. The molecule has 0 aromatic carbocycles. The summed E-state index contributed by atoms with van der Waals surface area (Å²) in [5.41, 5.74) is 1.72. The molecule has 1 N–H and O–H groups in total. The zero-order valence-electron chi connectivity index (χ0n) is 8.33. The molecule has 0 aliphatic carbocycles. The number of hydrogen-bond acceptors (Lipinski definition) is 4. The molecule has 4 nitrogen and oxygen atoms in total. The topological polar surface area (TPSA) is 58.9 Å². The Kier molecular flexibility index (Phi) is 2.69. The number of hydrogen-bond donors (Lipinski definition) is 1. The predicted octanol–water partition coefficient (Wildman–Crippen LogP) is 1.26. The van der Waals surface area contributed by atoms with Crippen LogP contribution in [0.4, 0.5) is 0 Å². The fourth-order valence-electron chi connectivity index (χ4n) is 1.35. The highest BCUT2D eigenvalue weighted by Crippen LogP contribution is 2.20. The predicted molar refractivity (Wildman–Crippen MR) is 55.1 cm³/mol. The smallest absolute Gasteiger partial charge is 0.161 e. The lowest BCUT2D eigenvalue weighted by atomic mass is 10.1. The molecule has 0 spiro atoms.